The number of nitro groups is 1. The third-order valence-corrected chi connectivity index (χ3v) is 6.07. The molecule has 0 unspecified atom stereocenters. The van der Waals surface area contributed by atoms with Gasteiger partial charge >= 0.3 is 12.1 Å². The lowest BCUT2D eigenvalue weighted by molar-refractivity contribution is -0.384. The summed E-state index contributed by atoms with van der Waals surface area (Å²) in [6.45, 7) is 6.76. The SMILES string of the molecule is CCOC(=O)[C@H](Cc1ccc(F)cc1)NC(=O)[C@H](CCc1nc2cc([N+](=O)[O-])ccc2n1C)NC(=O)OC(C)(C)C. The monoisotopic (exact) mass is 571 g/mol. The molecule has 1 aromatic heterocycles. The van der Waals surface area contributed by atoms with Crippen LogP contribution in [-0.4, -0.2) is 56.7 Å². The highest BCUT2D eigenvalue weighted by atomic mass is 19.1. The lowest BCUT2D eigenvalue weighted by atomic mass is 10.0. The average molecular weight is 572 g/mol. The van der Waals surface area contributed by atoms with Crippen molar-refractivity contribution >= 4 is 34.7 Å². The maximum atomic E-state index is 13.5. The second-order valence-electron chi connectivity index (χ2n) is 10.4. The Labute approximate surface area is 236 Å². The first-order valence-electron chi connectivity index (χ1n) is 13.1. The molecule has 0 aliphatic carbocycles. The van der Waals surface area contributed by atoms with Crippen LogP contribution in [0.25, 0.3) is 11.0 Å². The largest absolute Gasteiger partial charge is 0.464 e. The fourth-order valence-electron chi connectivity index (χ4n) is 4.13. The molecular weight excluding hydrogens is 537 g/mol. The van der Waals surface area contributed by atoms with Crippen molar-refractivity contribution in [3.63, 3.8) is 0 Å². The molecule has 0 aliphatic heterocycles. The lowest BCUT2D eigenvalue weighted by Crippen LogP contribution is -2.53. The van der Waals surface area contributed by atoms with Crippen LogP contribution >= 0.6 is 0 Å². The average Bonchev–Trinajstić information content (AvgIpc) is 3.20. The van der Waals surface area contributed by atoms with E-state index in [1.165, 1.54) is 36.4 Å². The van der Waals surface area contributed by atoms with Gasteiger partial charge < -0.3 is 24.7 Å². The Morgan fingerprint density at radius 3 is 2.39 bits per heavy atom. The molecule has 0 spiro atoms. The predicted molar refractivity (Wildman–Crippen MR) is 148 cm³/mol. The van der Waals surface area contributed by atoms with E-state index in [4.69, 9.17) is 9.47 Å². The number of nitrogens with one attached hydrogen (secondary N) is 2. The summed E-state index contributed by atoms with van der Waals surface area (Å²) in [4.78, 5) is 53.9. The number of benzene rings is 2. The third-order valence-electron chi connectivity index (χ3n) is 6.07. The van der Waals surface area contributed by atoms with Crippen LogP contribution in [0.1, 0.15) is 45.5 Å². The molecule has 220 valence electrons. The maximum absolute atomic E-state index is 13.5. The van der Waals surface area contributed by atoms with Gasteiger partial charge in [-0.25, -0.2) is 19.0 Å². The molecular formula is C28H34FN5O7. The van der Waals surface area contributed by atoms with Gasteiger partial charge in [-0.3, -0.25) is 14.9 Å². The van der Waals surface area contributed by atoms with E-state index in [-0.39, 0.29) is 31.6 Å². The van der Waals surface area contributed by atoms with Crippen molar-refractivity contribution in [1.29, 1.82) is 0 Å². The zero-order chi connectivity index (χ0) is 30.3. The number of carbonyl (C=O) groups is 3. The number of aromatic nitrogens is 2. The molecule has 12 nitrogen and oxygen atoms in total. The van der Waals surface area contributed by atoms with Gasteiger partial charge in [-0.2, -0.15) is 0 Å². The molecule has 0 saturated carbocycles. The zero-order valence-electron chi connectivity index (χ0n) is 23.6. The van der Waals surface area contributed by atoms with Crippen molar-refractivity contribution in [2.45, 2.75) is 64.6 Å². The summed E-state index contributed by atoms with van der Waals surface area (Å²) in [6, 6.07) is 7.59. The highest BCUT2D eigenvalue weighted by Gasteiger charge is 2.30. The van der Waals surface area contributed by atoms with E-state index in [1.807, 2.05) is 0 Å². The Morgan fingerprint density at radius 2 is 1.78 bits per heavy atom. The summed E-state index contributed by atoms with van der Waals surface area (Å²) in [5.74, 6) is -1.26. The summed E-state index contributed by atoms with van der Waals surface area (Å²) in [5, 5.41) is 16.4. The quantitative estimate of drug-likeness (QED) is 0.200. The normalized spacial score (nSPS) is 12.8. The number of ether oxygens (including phenoxy) is 2. The smallest absolute Gasteiger partial charge is 0.408 e. The Morgan fingerprint density at radius 1 is 1.10 bits per heavy atom. The lowest BCUT2D eigenvalue weighted by Gasteiger charge is -2.25. The number of hydrogen-bond acceptors (Lipinski definition) is 8. The van der Waals surface area contributed by atoms with Crippen molar-refractivity contribution in [3.05, 3.63) is 69.8 Å². The van der Waals surface area contributed by atoms with E-state index >= 15 is 0 Å². The second kappa shape index (κ2) is 13.2. The molecule has 2 aromatic carbocycles. The Balaban J connectivity index is 1.83. The first kappa shape index (κ1) is 31.0. The van der Waals surface area contributed by atoms with Crippen LogP contribution < -0.4 is 10.6 Å². The van der Waals surface area contributed by atoms with Gasteiger partial charge in [-0.15, -0.1) is 0 Å². The summed E-state index contributed by atoms with van der Waals surface area (Å²) in [5.41, 5.74) is 0.744. The van der Waals surface area contributed by atoms with E-state index in [1.54, 1.807) is 45.4 Å². The predicted octanol–water partition coefficient (Wildman–Crippen LogP) is 3.74. The Kier molecular flexibility index (Phi) is 9.98. The molecule has 0 bridgehead atoms. The van der Waals surface area contributed by atoms with Gasteiger partial charge in [0.2, 0.25) is 5.91 Å². The van der Waals surface area contributed by atoms with E-state index in [2.05, 4.69) is 15.6 Å². The van der Waals surface area contributed by atoms with E-state index in [0.717, 1.165) is 0 Å². The molecule has 0 radical (unpaired) electrons. The molecule has 1 heterocycles. The molecule has 2 atom stereocenters. The summed E-state index contributed by atoms with van der Waals surface area (Å²) < 4.78 is 25.6. The number of rotatable bonds is 11. The van der Waals surface area contributed by atoms with Crippen LogP contribution in [0.3, 0.4) is 0 Å². The number of aryl methyl sites for hydroxylation is 2. The van der Waals surface area contributed by atoms with Crippen molar-refractivity contribution in [1.82, 2.24) is 20.2 Å². The van der Waals surface area contributed by atoms with Crippen molar-refractivity contribution in [3.8, 4) is 0 Å². The van der Waals surface area contributed by atoms with Gasteiger partial charge in [0.05, 0.1) is 22.6 Å². The number of carbonyl (C=O) groups excluding carboxylic acids is 3. The highest BCUT2D eigenvalue weighted by Crippen LogP contribution is 2.22. The molecule has 3 rings (SSSR count). The molecule has 0 fully saturated rings. The minimum absolute atomic E-state index is 0.0353. The van der Waals surface area contributed by atoms with Crippen LogP contribution in [0.2, 0.25) is 0 Å². The Bertz CT molecular complexity index is 1420. The van der Waals surface area contributed by atoms with Crippen molar-refractivity contribution in [2.24, 2.45) is 7.05 Å². The van der Waals surface area contributed by atoms with E-state index < -0.39 is 46.4 Å². The van der Waals surface area contributed by atoms with Crippen LogP contribution in [0.4, 0.5) is 14.9 Å². The maximum Gasteiger partial charge on any atom is 0.408 e. The van der Waals surface area contributed by atoms with Crippen LogP contribution in [-0.2, 0) is 39.0 Å². The van der Waals surface area contributed by atoms with Gasteiger partial charge in [0, 0.05) is 32.0 Å². The van der Waals surface area contributed by atoms with E-state index in [0.29, 0.717) is 22.4 Å². The summed E-state index contributed by atoms with van der Waals surface area (Å²) in [6.07, 6.45) is -0.525. The minimum Gasteiger partial charge on any atom is -0.464 e. The van der Waals surface area contributed by atoms with Gasteiger partial charge in [0.1, 0.15) is 29.3 Å². The first-order valence-corrected chi connectivity index (χ1v) is 13.1. The number of amides is 2. The number of non-ortho nitro benzene ring substituents is 1. The summed E-state index contributed by atoms with van der Waals surface area (Å²) >= 11 is 0. The zero-order valence-corrected chi connectivity index (χ0v) is 23.6. The third kappa shape index (κ3) is 8.72. The summed E-state index contributed by atoms with van der Waals surface area (Å²) in [7, 11) is 1.74. The topological polar surface area (TPSA) is 155 Å². The van der Waals surface area contributed by atoms with Crippen molar-refractivity contribution < 1.29 is 33.2 Å². The number of alkyl carbamates (subject to hydrolysis) is 1. The Hall–Kier alpha value is -4.55. The highest BCUT2D eigenvalue weighted by molar-refractivity contribution is 5.90. The molecule has 41 heavy (non-hydrogen) atoms. The molecule has 0 aliphatic rings. The molecule has 2 amide bonds. The van der Waals surface area contributed by atoms with Crippen LogP contribution in [0.5, 0.6) is 0 Å². The number of esters is 1. The molecule has 13 heteroatoms. The van der Waals surface area contributed by atoms with E-state index in [9.17, 15) is 28.9 Å². The first-order chi connectivity index (χ1) is 19.3. The number of fused-ring (bicyclic) bond motifs is 1. The molecule has 2 N–H and O–H groups in total. The van der Waals surface area contributed by atoms with Gasteiger partial charge in [0.25, 0.3) is 5.69 Å². The standard InChI is InChI=1S/C28H34FN5O7/c1-6-40-26(36)22(15-17-7-9-18(29)10-8-17)31-25(35)20(32-27(37)41-28(2,3)4)12-14-24-30-21-16-19(34(38)39)11-13-23(21)33(24)5/h7-11,13,16,20,22H,6,12,14-15H2,1-5H3,(H,31,35)(H,32,37)/t20-,22-/m0/s1. The number of imidazole rings is 1. The van der Waals surface area contributed by atoms with Gasteiger partial charge in [-0.05, 0) is 57.9 Å². The fraction of sp³-hybridized carbons (Fsp3) is 0.429. The van der Waals surface area contributed by atoms with Crippen molar-refractivity contribution in [2.75, 3.05) is 6.61 Å². The minimum atomic E-state index is -1.14. The van der Waals surface area contributed by atoms with Gasteiger partial charge in [0.15, 0.2) is 0 Å². The second-order valence-corrected chi connectivity index (χ2v) is 10.4. The van der Waals surface area contributed by atoms with Gasteiger partial charge in [-0.1, -0.05) is 12.1 Å². The van der Waals surface area contributed by atoms with Crippen LogP contribution in [0.15, 0.2) is 42.5 Å². The van der Waals surface area contributed by atoms with Crippen LogP contribution in [0, 0.1) is 15.9 Å². The molecule has 0 saturated heterocycles. The molecule has 3 aromatic rings. The fourth-order valence-corrected chi connectivity index (χ4v) is 4.13. The number of nitro benzene ring substituents is 1. The number of nitrogens with zero attached hydrogens (tertiary/aromatic N) is 3. The number of hydrogen-bond donors (Lipinski definition) is 2. The number of halogens is 1.